The number of carbonyl (C=O) groups excluding carboxylic acids is 2. The molecule has 3 heterocycles. The third-order valence-electron chi connectivity index (χ3n) is 7.03. The predicted molar refractivity (Wildman–Crippen MR) is 173 cm³/mol. The highest BCUT2D eigenvalue weighted by atomic mass is 32.2. The molecule has 1 fully saturated rings. The Bertz CT molecular complexity index is 1830. The summed E-state index contributed by atoms with van der Waals surface area (Å²) in [6.07, 6.45) is 3.01. The van der Waals surface area contributed by atoms with Crippen LogP contribution >= 0.6 is 23.1 Å². The number of hydrogen-bond acceptors (Lipinski definition) is 10. The standard InChI is InChI=1S/C34H28N4O5S2/c1-2-42-27-19-25(13-14-26(27)43-20-22-9-5-3-6-10-22)29-28(30(39)24-15-17-35-18-16-24)31(40)32(41)38(29)33-36-37-34(45-33)44-21-23-11-7-4-8-12-23/h3-19,29,39H,2,20-21H2,1H3/b30-28+. The van der Waals surface area contributed by atoms with Gasteiger partial charge in [0, 0.05) is 23.7 Å². The van der Waals surface area contributed by atoms with Crippen molar-refractivity contribution in [1.29, 1.82) is 0 Å². The van der Waals surface area contributed by atoms with Gasteiger partial charge in [-0.1, -0.05) is 89.8 Å². The molecule has 1 atom stereocenters. The van der Waals surface area contributed by atoms with E-state index in [2.05, 4.69) is 15.2 Å². The van der Waals surface area contributed by atoms with Crippen molar-refractivity contribution >= 4 is 45.7 Å². The normalized spacial score (nSPS) is 15.8. The number of anilines is 1. The second-order valence-electron chi connectivity index (χ2n) is 9.94. The van der Waals surface area contributed by atoms with Gasteiger partial charge in [0.05, 0.1) is 18.2 Å². The Kier molecular flexibility index (Phi) is 9.18. The van der Waals surface area contributed by atoms with Crippen molar-refractivity contribution < 1.29 is 24.2 Å². The Balaban J connectivity index is 1.39. The zero-order chi connectivity index (χ0) is 31.2. The largest absolute Gasteiger partial charge is 0.507 e. The van der Waals surface area contributed by atoms with Gasteiger partial charge < -0.3 is 14.6 Å². The third kappa shape index (κ3) is 6.59. The van der Waals surface area contributed by atoms with Gasteiger partial charge >= 0.3 is 5.91 Å². The van der Waals surface area contributed by atoms with E-state index >= 15 is 0 Å². The Hall–Kier alpha value is -5.00. The summed E-state index contributed by atoms with van der Waals surface area (Å²) in [5.74, 6) is -0.335. The molecule has 226 valence electrons. The van der Waals surface area contributed by atoms with Crippen LogP contribution in [0.2, 0.25) is 0 Å². The van der Waals surface area contributed by atoms with E-state index in [1.54, 1.807) is 30.3 Å². The van der Waals surface area contributed by atoms with Gasteiger partial charge in [0.1, 0.15) is 12.4 Å². The van der Waals surface area contributed by atoms with Crippen molar-refractivity contribution in [3.63, 3.8) is 0 Å². The lowest BCUT2D eigenvalue weighted by Crippen LogP contribution is -2.29. The zero-order valence-electron chi connectivity index (χ0n) is 24.2. The summed E-state index contributed by atoms with van der Waals surface area (Å²) >= 11 is 2.70. The number of Topliss-reactive ketones (excluding diaryl/α,β-unsaturated/α-hetero) is 1. The van der Waals surface area contributed by atoms with E-state index in [-0.39, 0.29) is 16.5 Å². The van der Waals surface area contributed by atoms with Crippen LogP contribution in [0.1, 0.15) is 35.2 Å². The number of hydrogen-bond donors (Lipinski definition) is 1. The molecule has 9 nitrogen and oxygen atoms in total. The number of ether oxygens (including phenoxy) is 2. The van der Waals surface area contributed by atoms with Crippen LogP contribution in [0.4, 0.5) is 5.13 Å². The summed E-state index contributed by atoms with van der Waals surface area (Å²) in [4.78, 5) is 32.6. The first-order valence-corrected chi connectivity index (χ1v) is 16.0. The van der Waals surface area contributed by atoms with E-state index in [1.165, 1.54) is 40.4 Å². The Morgan fingerprint density at radius 2 is 1.60 bits per heavy atom. The minimum absolute atomic E-state index is 0.0692. The molecule has 1 aliphatic heterocycles. The molecule has 1 aliphatic rings. The van der Waals surface area contributed by atoms with E-state index in [1.807, 2.05) is 67.6 Å². The van der Waals surface area contributed by atoms with Gasteiger partial charge in [0.25, 0.3) is 5.78 Å². The molecule has 0 bridgehead atoms. The second kappa shape index (κ2) is 13.7. The smallest absolute Gasteiger partial charge is 0.301 e. The minimum atomic E-state index is -1.000. The molecular weight excluding hydrogens is 609 g/mol. The van der Waals surface area contributed by atoms with E-state index in [0.717, 1.165) is 11.1 Å². The first-order chi connectivity index (χ1) is 22.0. The molecule has 1 N–H and O–H groups in total. The number of pyridine rings is 1. The summed E-state index contributed by atoms with van der Waals surface area (Å²) in [5, 5.41) is 20.3. The summed E-state index contributed by atoms with van der Waals surface area (Å²) < 4.78 is 12.7. The van der Waals surface area contributed by atoms with Gasteiger partial charge in [-0.15, -0.1) is 10.2 Å². The molecule has 5 aromatic rings. The fourth-order valence-corrected chi connectivity index (χ4v) is 6.73. The quantitative estimate of drug-likeness (QED) is 0.0548. The summed E-state index contributed by atoms with van der Waals surface area (Å²) in [6, 6.07) is 27.1. The molecule has 1 unspecified atom stereocenters. The third-order valence-corrected chi connectivity index (χ3v) is 9.15. The molecule has 1 amide bonds. The lowest BCUT2D eigenvalue weighted by atomic mass is 9.95. The van der Waals surface area contributed by atoms with Crippen LogP contribution in [-0.2, 0) is 21.9 Å². The molecule has 6 rings (SSSR count). The van der Waals surface area contributed by atoms with Gasteiger partial charge in [-0.25, -0.2) is 0 Å². The van der Waals surface area contributed by atoms with Crippen molar-refractivity contribution in [2.75, 3.05) is 11.5 Å². The molecule has 0 radical (unpaired) electrons. The van der Waals surface area contributed by atoms with Crippen LogP contribution in [0.5, 0.6) is 11.5 Å². The molecule has 2 aromatic heterocycles. The van der Waals surface area contributed by atoms with Gasteiger partial charge in [0.2, 0.25) is 5.13 Å². The summed E-state index contributed by atoms with van der Waals surface area (Å²) in [5.41, 5.74) is 2.94. The Morgan fingerprint density at radius 1 is 0.889 bits per heavy atom. The fourth-order valence-electron chi connectivity index (χ4n) is 4.91. The predicted octanol–water partition coefficient (Wildman–Crippen LogP) is 6.83. The number of rotatable bonds is 11. The average molecular weight is 637 g/mol. The molecule has 45 heavy (non-hydrogen) atoms. The van der Waals surface area contributed by atoms with Crippen molar-refractivity contribution in [3.05, 3.63) is 131 Å². The first-order valence-electron chi connectivity index (χ1n) is 14.2. The highest BCUT2D eigenvalue weighted by Gasteiger charge is 2.48. The van der Waals surface area contributed by atoms with Gasteiger partial charge in [-0.05, 0) is 47.9 Å². The van der Waals surface area contributed by atoms with Crippen molar-refractivity contribution in [2.45, 2.75) is 29.7 Å². The number of carbonyl (C=O) groups is 2. The summed E-state index contributed by atoms with van der Waals surface area (Å²) in [7, 11) is 0. The van der Waals surface area contributed by atoms with Gasteiger partial charge in [0.15, 0.2) is 15.8 Å². The molecule has 0 spiro atoms. The molecule has 0 aliphatic carbocycles. The number of ketones is 1. The average Bonchev–Trinajstić information content (AvgIpc) is 3.66. The maximum Gasteiger partial charge on any atom is 0.301 e. The number of aromatic nitrogens is 3. The van der Waals surface area contributed by atoms with Crippen LogP contribution < -0.4 is 14.4 Å². The van der Waals surface area contributed by atoms with Crippen LogP contribution in [0.15, 0.2) is 113 Å². The SMILES string of the molecule is CCOc1cc(C2/C(=C(\O)c3ccncc3)C(=O)C(=O)N2c2nnc(SCc3ccccc3)s2)ccc1OCc1ccccc1. The van der Waals surface area contributed by atoms with Crippen LogP contribution in [0, 0.1) is 0 Å². The lowest BCUT2D eigenvalue weighted by molar-refractivity contribution is -0.132. The van der Waals surface area contributed by atoms with E-state index < -0.39 is 17.7 Å². The maximum atomic E-state index is 13.7. The molecule has 0 saturated carbocycles. The molecule has 1 saturated heterocycles. The second-order valence-corrected chi connectivity index (χ2v) is 12.1. The lowest BCUT2D eigenvalue weighted by Gasteiger charge is -2.23. The number of benzene rings is 3. The first kappa shape index (κ1) is 30.0. The number of aliphatic hydroxyl groups is 1. The maximum absolute atomic E-state index is 13.7. The summed E-state index contributed by atoms with van der Waals surface area (Å²) in [6.45, 7) is 2.55. The Morgan fingerprint density at radius 3 is 2.31 bits per heavy atom. The van der Waals surface area contributed by atoms with Gasteiger partial charge in [-0.2, -0.15) is 0 Å². The fraction of sp³-hybridized carbons (Fsp3) is 0.147. The highest BCUT2D eigenvalue weighted by molar-refractivity contribution is 8.00. The zero-order valence-corrected chi connectivity index (χ0v) is 25.8. The topological polar surface area (TPSA) is 115 Å². The Labute approximate surface area is 268 Å². The highest BCUT2D eigenvalue weighted by Crippen LogP contribution is 2.45. The van der Waals surface area contributed by atoms with Crippen molar-refractivity contribution in [1.82, 2.24) is 15.2 Å². The number of aliphatic hydroxyl groups excluding tert-OH is 1. The monoisotopic (exact) mass is 636 g/mol. The minimum Gasteiger partial charge on any atom is -0.507 e. The van der Waals surface area contributed by atoms with E-state index in [0.29, 0.717) is 45.9 Å². The number of amides is 1. The molecule has 11 heteroatoms. The number of nitrogens with zero attached hydrogens (tertiary/aromatic N) is 4. The molecule has 3 aromatic carbocycles. The number of thioether (sulfide) groups is 1. The van der Waals surface area contributed by atoms with Crippen molar-refractivity contribution in [2.24, 2.45) is 0 Å². The van der Waals surface area contributed by atoms with E-state index in [4.69, 9.17) is 9.47 Å². The van der Waals surface area contributed by atoms with Crippen LogP contribution in [-0.4, -0.2) is 38.6 Å². The van der Waals surface area contributed by atoms with Crippen molar-refractivity contribution in [3.8, 4) is 11.5 Å². The van der Waals surface area contributed by atoms with Crippen LogP contribution in [0.3, 0.4) is 0 Å². The van der Waals surface area contributed by atoms with Crippen LogP contribution in [0.25, 0.3) is 5.76 Å². The molecular formula is C34H28N4O5S2. The van der Waals surface area contributed by atoms with Gasteiger partial charge in [-0.3, -0.25) is 19.5 Å². The van der Waals surface area contributed by atoms with E-state index in [9.17, 15) is 14.7 Å².